The number of nitrogens with zero attached hydrogens (tertiary/aromatic N) is 2. The third-order valence-corrected chi connectivity index (χ3v) is 4.42. The molecule has 1 aliphatic rings. The van der Waals surface area contributed by atoms with Crippen LogP contribution in [0.2, 0.25) is 10.0 Å². The van der Waals surface area contributed by atoms with Gasteiger partial charge in [-0.05, 0) is 31.0 Å². The van der Waals surface area contributed by atoms with Crippen molar-refractivity contribution in [1.82, 2.24) is 9.97 Å². The molecule has 0 aliphatic carbocycles. The Kier molecular flexibility index (Phi) is 5.50. The first kappa shape index (κ1) is 17.0. The van der Waals surface area contributed by atoms with E-state index in [1.54, 1.807) is 18.2 Å². The number of hydrogen-bond acceptors (Lipinski definition) is 5. The van der Waals surface area contributed by atoms with E-state index in [4.69, 9.17) is 27.9 Å². The molecule has 2 heterocycles. The topological polar surface area (TPSA) is 76.1 Å². The van der Waals surface area contributed by atoms with Crippen LogP contribution in [-0.4, -0.2) is 35.1 Å². The molecule has 8 heteroatoms. The zero-order valence-corrected chi connectivity index (χ0v) is 14.3. The third kappa shape index (κ3) is 4.14. The van der Waals surface area contributed by atoms with Crippen molar-refractivity contribution in [2.45, 2.75) is 18.9 Å². The number of carbonyl (C=O) groups is 1. The highest BCUT2D eigenvalue weighted by molar-refractivity contribution is 6.44. The molecule has 0 radical (unpaired) electrons. The molecule has 1 aromatic carbocycles. The van der Waals surface area contributed by atoms with Crippen LogP contribution in [0.3, 0.4) is 0 Å². The van der Waals surface area contributed by atoms with Crippen molar-refractivity contribution in [1.29, 1.82) is 0 Å². The molecule has 0 spiro atoms. The SMILES string of the molecule is O=C(Nc1cccc(Cl)c1Cl)c1ccnc(NCC2CCCO2)n1. The van der Waals surface area contributed by atoms with Crippen LogP contribution in [0.1, 0.15) is 23.3 Å². The molecule has 2 aromatic rings. The molecule has 24 heavy (non-hydrogen) atoms. The van der Waals surface area contributed by atoms with Crippen LogP contribution in [0.4, 0.5) is 11.6 Å². The van der Waals surface area contributed by atoms with E-state index >= 15 is 0 Å². The average Bonchev–Trinajstić information content (AvgIpc) is 3.11. The maximum atomic E-state index is 12.3. The zero-order valence-electron chi connectivity index (χ0n) is 12.8. The summed E-state index contributed by atoms with van der Waals surface area (Å²) in [6.07, 6.45) is 3.77. The van der Waals surface area contributed by atoms with Gasteiger partial charge in [0.2, 0.25) is 5.95 Å². The monoisotopic (exact) mass is 366 g/mol. The fourth-order valence-electron chi connectivity index (χ4n) is 2.37. The number of amides is 1. The van der Waals surface area contributed by atoms with Crippen molar-refractivity contribution in [3.05, 3.63) is 46.2 Å². The second kappa shape index (κ2) is 7.79. The van der Waals surface area contributed by atoms with E-state index in [-0.39, 0.29) is 17.7 Å². The Morgan fingerprint density at radius 3 is 3.00 bits per heavy atom. The van der Waals surface area contributed by atoms with Crippen molar-refractivity contribution in [3.63, 3.8) is 0 Å². The number of benzene rings is 1. The first-order valence-electron chi connectivity index (χ1n) is 7.57. The van der Waals surface area contributed by atoms with Gasteiger partial charge in [0, 0.05) is 19.3 Å². The van der Waals surface area contributed by atoms with Gasteiger partial charge in [-0.25, -0.2) is 9.97 Å². The first-order valence-corrected chi connectivity index (χ1v) is 8.33. The molecule has 1 fully saturated rings. The van der Waals surface area contributed by atoms with Gasteiger partial charge in [0.05, 0.1) is 21.8 Å². The number of carbonyl (C=O) groups excluding carboxylic acids is 1. The molecular weight excluding hydrogens is 351 g/mol. The number of aromatic nitrogens is 2. The van der Waals surface area contributed by atoms with E-state index < -0.39 is 0 Å². The van der Waals surface area contributed by atoms with Crippen molar-refractivity contribution < 1.29 is 9.53 Å². The Morgan fingerprint density at radius 2 is 2.21 bits per heavy atom. The van der Waals surface area contributed by atoms with Crippen molar-refractivity contribution in [3.8, 4) is 0 Å². The summed E-state index contributed by atoms with van der Waals surface area (Å²) in [5, 5.41) is 6.45. The van der Waals surface area contributed by atoms with Gasteiger partial charge in [0.1, 0.15) is 5.69 Å². The summed E-state index contributed by atoms with van der Waals surface area (Å²) in [5.74, 6) is -0.00271. The minimum absolute atomic E-state index is 0.163. The maximum absolute atomic E-state index is 12.3. The molecule has 1 aliphatic heterocycles. The molecule has 1 atom stereocenters. The summed E-state index contributed by atoms with van der Waals surface area (Å²) >= 11 is 12.0. The van der Waals surface area contributed by atoms with Gasteiger partial charge in [0.25, 0.3) is 5.91 Å². The largest absolute Gasteiger partial charge is 0.376 e. The Balaban J connectivity index is 1.66. The Labute approximate surface area is 149 Å². The fraction of sp³-hybridized carbons (Fsp3) is 0.312. The van der Waals surface area contributed by atoms with Gasteiger partial charge in [-0.1, -0.05) is 29.3 Å². The standard InChI is InChI=1S/C16H16Cl2N4O2/c17-11-4-1-5-12(14(11)18)21-15(23)13-6-7-19-16(22-13)20-9-10-3-2-8-24-10/h1,4-7,10H,2-3,8-9H2,(H,21,23)(H,19,20,22). The molecule has 126 valence electrons. The number of nitrogens with one attached hydrogen (secondary N) is 2. The lowest BCUT2D eigenvalue weighted by Crippen LogP contribution is -2.21. The molecule has 6 nitrogen and oxygen atoms in total. The molecule has 1 saturated heterocycles. The molecule has 1 amide bonds. The van der Waals surface area contributed by atoms with Gasteiger partial charge >= 0.3 is 0 Å². The Bertz CT molecular complexity index is 736. The van der Waals surface area contributed by atoms with Gasteiger partial charge in [-0.15, -0.1) is 0 Å². The molecular formula is C16H16Cl2N4O2. The highest BCUT2D eigenvalue weighted by Crippen LogP contribution is 2.29. The summed E-state index contributed by atoms with van der Waals surface area (Å²) in [6, 6.07) is 6.56. The predicted octanol–water partition coefficient (Wildman–Crippen LogP) is 3.63. The van der Waals surface area contributed by atoms with E-state index in [2.05, 4.69) is 20.6 Å². The van der Waals surface area contributed by atoms with Crippen LogP contribution in [0.15, 0.2) is 30.5 Å². The fourth-order valence-corrected chi connectivity index (χ4v) is 2.72. The highest BCUT2D eigenvalue weighted by atomic mass is 35.5. The van der Waals surface area contributed by atoms with Crippen molar-refractivity contribution in [2.24, 2.45) is 0 Å². The summed E-state index contributed by atoms with van der Waals surface area (Å²) in [5.41, 5.74) is 0.664. The maximum Gasteiger partial charge on any atom is 0.274 e. The van der Waals surface area contributed by atoms with Crippen molar-refractivity contribution in [2.75, 3.05) is 23.8 Å². The van der Waals surface area contributed by atoms with Crippen LogP contribution < -0.4 is 10.6 Å². The summed E-state index contributed by atoms with van der Waals surface area (Å²) in [7, 11) is 0. The number of hydrogen-bond donors (Lipinski definition) is 2. The Morgan fingerprint density at radius 1 is 1.33 bits per heavy atom. The van der Waals surface area contributed by atoms with Crippen LogP contribution >= 0.6 is 23.2 Å². The number of ether oxygens (including phenoxy) is 1. The second-order valence-electron chi connectivity index (χ2n) is 5.34. The summed E-state index contributed by atoms with van der Waals surface area (Å²) in [6.45, 7) is 1.40. The van der Waals surface area contributed by atoms with Crippen LogP contribution in [-0.2, 0) is 4.74 Å². The molecule has 1 aromatic heterocycles. The number of halogens is 2. The van der Waals surface area contributed by atoms with Crippen LogP contribution in [0, 0.1) is 0 Å². The lowest BCUT2D eigenvalue weighted by atomic mass is 10.2. The second-order valence-corrected chi connectivity index (χ2v) is 6.12. The number of anilines is 2. The molecule has 2 N–H and O–H groups in total. The minimum Gasteiger partial charge on any atom is -0.376 e. The highest BCUT2D eigenvalue weighted by Gasteiger charge is 2.16. The van der Waals surface area contributed by atoms with Gasteiger partial charge in [0.15, 0.2) is 0 Å². The summed E-state index contributed by atoms with van der Waals surface area (Å²) < 4.78 is 5.53. The van der Waals surface area contributed by atoms with E-state index in [1.165, 1.54) is 12.3 Å². The van der Waals surface area contributed by atoms with E-state index in [0.29, 0.717) is 28.2 Å². The quantitative estimate of drug-likeness (QED) is 0.844. The minimum atomic E-state index is -0.387. The van der Waals surface area contributed by atoms with E-state index in [9.17, 15) is 4.79 Å². The zero-order chi connectivity index (χ0) is 16.9. The van der Waals surface area contributed by atoms with Gasteiger partial charge < -0.3 is 15.4 Å². The van der Waals surface area contributed by atoms with Crippen LogP contribution in [0.5, 0.6) is 0 Å². The van der Waals surface area contributed by atoms with Gasteiger partial charge in [-0.3, -0.25) is 4.79 Å². The Hall–Kier alpha value is -1.89. The normalized spacial score (nSPS) is 16.8. The van der Waals surface area contributed by atoms with E-state index in [0.717, 1.165) is 19.4 Å². The first-order chi connectivity index (χ1) is 11.6. The predicted molar refractivity (Wildman–Crippen MR) is 93.9 cm³/mol. The van der Waals surface area contributed by atoms with E-state index in [1.807, 2.05) is 0 Å². The third-order valence-electron chi connectivity index (χ3n) is 3.60. The molecule has 0 saturated carbocycles. The molecule has 0 bridgehead atoms. The van der Waals surface area contributed by atoms with Crippen molar-refractivity contribution >= 4 is 40.7 Å². The molecule has 1 unspecified atom stereocenters. The van der Waals surface area contributed by atoms with Crippen LogP contribution in [0.25, 0.3) is 0 Å². The lowest BCUT2D eigenvalue weighted by molar-refractivity contribution is 0.102. The summed E-state index contributed by atoms with van der Waals surface area (Å²) in [4.78, 5) is 20.7. The average molecular weight is 367 g/mol. The number of rotatable bonds is 5. The lowest BCUT2D eigenvalue weighted by Gasteiger charge is -2.11. The molecule has 3 rings (SSSR count). The smallest absolute Gasteiger partial charge is 0.274 e. The van der Waals surface area contributed by atoms with Gasteiger partial charge in [-0.2, -0.15) is 0 Å².